The van der Waals surface area contributed by atoms with Crippen molar-refractivity contribution in [1.29, 1.82) is 0 Å². The summed E-state index contributed by atoms with van der Waals surface area (Å²) in [6.45, 7) is 5.37. The van der Waals surface area contributed by atoms with Crippen LogP contribution in [0.4, 0.5) is 0 Å². The molecular formula is C12H26N2O. The maximum atomic E-state index is 5.09. The van der Waals surface area contributed by atoms with Crippen LogP contribution < -0.4 is 5.32 Å². The molecule has 1 heterocycles. The Morgan fingerprint density at radius 3 is 2.93 bits per heavy atom. The molecule has 0 spiro atoms. The molecule has 0 aliphatic carbocycles. The summed E-state index contributed by atoms with van der Waals surface area (Å²) in [4.78, 5) is 2.51. The highest BCUT2D eigenvalue weighted by Crippen LogP contribution is 2.17. The third kappa shape index (κ3) is 4.96. The van der Waals surface area contributed by atoms with Gasteiger partial charge < -0.3 is 15.0 Å². The predicted octanol–water partition coefficient (Wildman–Crippen LogP) is 1.49. The van der Waals surface area contributed by atoms with Crippen molar-refractivity contribution in [2.45, 2.75) is 44.7 Å². The van der Waals surface area contributed by atoms with Gasteiger partial charge in [-0.1, -0.05) is 6.42 Å². The first-order chi connectivity index (χ1) is 7.24. The lowest BCUT2D eigenvalue weighted by molar-refractivity contribution is 0.158. The lowest BCUT2D eigenvalue weighted by atomic mass is 10.00. The van der Waals surface area contributed by atoms with E-state index in [0.717, 1.165) is 19.2 Å². The third-order valence-electron chi connectivity index (χ3n) is 3.31. The molecule has 2 unspecified atom stereocenters. The van der Waals surface area contributed by atoms with E-state index in [9.17, 15) is 0 Å². The maximum absolute atomic E-state index is 5.09. The molecule has 90 valence electrons. The van der Waals surface area contributed by atoms with Crippen molar-refractivity contribution in [2.24, 2.45) is 0 Å². The van der Waals surface area contributed by atoms with E-state index in [1.54, 1.807) is 7.11 Å². The van der Waals surface area contributed by atoms with Crippen LogP contribution in [0, 0.1) is 0 Å². The summed E-state index contributed by atoms with van der Waals surface area (Å²) in [5, 5.41) is 3.50. The molecule has 2 atom stereocenters. The van der Waals surface area contributed by atoms with E-state index in [0.29, 0.717) is 6.04 Å². The van der Waals surface area contributed by atoms with Crippen molar-refractivity contribution in [3.8, 4) is 0 Å². The second-order valence-corrected chi connectivity index (χ2v) is 4.73. The van der Waals surface area contributed by atoms with Gasteiger partial charge in [-0.3, -0.25) is 0 Å². The minimum atomic E-state index is 0.476. The molecule has 0 aromatic carbocycles. The summed E-state index contributed by atoms with van der Waals surface area (Å²) in [6.07, 6.45) is 5.42. The number of likely N-dealkylation sites (tertiary alicyclic amines) is 1. The average molecular weight is 214 g/mol. The van der Waals surface area contributed by atoms with Crippen LogP contribution >= 0.6 is 0 Å². The quantitative estimate of drug-likeness (QED) is 0.725. The van der Waals surface area contributed by atoms with Crippen molar-refractivity contribution < 1.29 is 4.74 Å². The highest BCUT2D eigenvalue weighted by molar-refractivity contribution is 4.75. The second kappa shape index (κ2) is 7.20. The van der Waals surface area contributed by atoms with Crippen LogP contribution in [-0.2, 0) is 4.74 Å². The molecule has 0 aromatic rings. The summed E-state index contributed by atoms with van der Waals surface area (Å²) in [5.74, 6) is 0. The van der Waals surface area contributed by atoms with E-state index in [-0.39, 0.29) is 0 Å². The highest BCUT2D eigenvalue weighted by Gasteiger charge is 2.18. The fourth-order valence-electron chi connectivity index (χ4n) is 2.31. The zero-order chi connectivity index (χ0) is 11.1. The van der Waals surface area contributed by atoms with Crippen LogP contribution in [-0.4, -0.2) is 50.8 Å². The Kier molecular flexibility index (Phi) is 6.22. The molecule has 3 heteroatoms. The molecular weight excluding hydrogens is 188 g/mol. The van der Waals surface area contributed by atoms with Crippen molar-refractivity contribution >= 4 is 0 Å². The van der Waals surface area contributed by atoms with E-state index < -0.39 is 0 Å². The van der Waals surface area contributed by atoms with Gasteiger partial charge in [-0.25, -0.2) is 0 Å². The molecule has 1 saturated heterocycles. The van der Waals surface area contributed by atoms with E-state index in [1.165, 1.54) is 32.2 Å². The SMILES string of the molecule is COCC(C)NCCC1CCCCN1C. The van der Waals surface area contributed by atoms with Crippen LogP contribution in [0.5, 0.6) is 0 Å². The van der Waals surface area contributed by atoms with Crippen LogP contribution in [0.25, 0.3) is 0 Å². The monoisotopic (exact) mass is 214 g/mol. The molecule has 3 nitrogen and oxygen atoms in total. The average Bonchev–Trinajstić information content (AvgIpc) is 2.21. The highest BCUT2D eigenvalue weighted by atomic mass is 16.5. The van der Waals surface area contributed by atoms with Gasteiger partial charge in [0.25, 0.3) is 0 Å². The number of piperidine rings is 1. The Morgan fingerprint density at radius 2 is 2.27 bits per heavy atom. The minimum Gasteiger partial charge on any atom is -0.383 e. The smallest absolute Gasteiger partial charge is 0.0613 e. The normalized spacial score (nSPS) is 25.4. The van der Waals surface area contributed by atoms with Gasteiger partial charge >= 0.3 is 0 Å². The molecule has 0 saturated carbocycles. The van der Waals surface area contributed by atoms with Crippen molar-refractivity contribution in [3.63, 3.8) is 0 Å². The number of hydrogen-bond acceptors (Lipinski definition) is 3. The first kappa shape index (κ1) is 12.9. The second-order valence-electron chi connectivity index (χ2n) is 4.73. The molecule has 0 radical (unpaired) electrons. The number of rotatable bonds is 6. The first-order valence-corrected chi connectivity index (χ1v) is 6.16. The standard InChI is InChI=1S/C12H26N2O/c1-11(10-15-3)13-8-7-12-6-4-5-9-14(12)2/h11-13H,4-10H2,1-3H3. The number of ether oxygens (including phenoxy) is 1. The summed E-state index contributed by atoms with van der Waals surface area (Å²) < 4.78 is 5.09. The maximum Gasteiger partial charge on any atom is 0.0613 e. The molecule has 1 fully saturated rings. The first-order valence-electron chi connectivity index (χ1n) is 6.16. The molecule has 0 bridgehead atoms. The summed E-state index contributed by atoms with van der Waals surface area (Å²) in [7, 11) is 4.01. The lowest BCUT2D eigenvalue weighted by Crippen LogP contribution is -2.40. The van der Waals surface area contributed by atoms with E-state index in [4.69, 9.17) is 4.74 Å². The Bertz CT molecular complexity index is 164. The molecule has 1 rings (SSSR count). The predicted molar refractivity (Wildman–Crippen MR) is 64.2 cm³/mol. The number of nitrogens with one attached hydrogen (secondary N) is 1. The van der Waals surface area contributed by atoms with E-state index in [1.807, 2.05) is 0 Å². The summed E-state index contributed by atoms with van der Waals surface area (Å²) >= 11 is 0. The Balaban J connectivity index is 2.08. The topological polar surface area (TPSA) is 24.5 Å². The number of hydrogen-bond donors (Lipinski definition) is 1. The van der Waals surface area contributed by atoms with Gasteiger partial charge in [-0.15, -0.1) is 0 Å². The molecule has 0 amide bonds. The Morgan fingerprint density at radius 1 is 1.47 bits per heavy atom. The van der Waals surface area contributed by atoms with Gasteiger partial charge in [0.1, 0.15) is 0 Å². The zero-order valence-electron chi connectivity index (χ0n) is 10.5. The van der Waals surface area contributed by atoms with Gasteiger partial charge in [-0.2, -0.15) is 0 Å². The third-order valence-corrected chi connectivity index (χ3v) is 3.31. The largest absolute Gasteiger partial charge is 0.383 e. The van der Waals surface area contributed by atoms with Crippen molar-refractivity contribution in [3.05, 3.63) is 0 Å². The molecule has 1 aliphatic rings. The van der Waals surface area contributed by atoms with Gasteiger partial charge in [0.05, 0.1) is 6.61 Å². The fraction of sp³-hybridized carbons (Fsp3) is 1.00. The lowest BCUT2D eigenvalue weighted by Gasteiger charge is -2.32. The van der Waals surface area contributed by atoms with Crippen LogP contribution in [0.2, 0.25) is 0 Å². The molecule has 1 N–H and O–H groups in total. The van der Waals surface area contributed by atoms with E-state index in [2.05, 4.69) is 24.2 Å². The van der Waals surface area contributed by atoms with Crippen LogP contribution in [0.3, 0.4) is 0 Å². The Hall–Kier alpha value is -0.120. The van der Waals surface area contributed by atoms with Gasteiger partial charge in [-0.05, 0) is 46.3 Å². The number of methoxy groups -OCH3 is 1. The minimum absolute atomic E-state index is 0.476. The fourth-order valence-corrected chi connectivity index (χ4v) is 2.31. The van der Waals surface area contributed by atoms with Gasteiger partial charge in [0.2, 0.25) is 0 Å². The summed E-state index contributed by atoms with van der Waals surface area (Å²) in [6, 6.07) is 1.27. The summed E-state index contributed by atoms with van der Waals surface area (Å²) in [5.41, 5.74) is 0. The van der Waals surface area contributed by atoms with Crippen molar-refractivity contribution in [2.75, 3.05) is 33.9 Å². The van der Waals surface area contributed by atoms with Crippen LogP contribution in [0.1, 0.15) is 32.6 Å². The Labute approximate surface area is 94.2 Å². The van der Waals surface area contributed by atoms with Crippen LogP contribution in [0.15, 0.2) is 0 Å². The molecule has 1 aliphatic heterocycles. The zero-order valence-corrected chi connectivity index (χ0v) is 10.5. The number of nitrogens with zero attached hydrogens (tertiary/aromatic N) is 1. The van der Waals surface area contributed by atoms with Gasteiger partial charge in [0, 0.05) is 19.2 Å². The molecule has 0 aromatic heterocycles. The van der Waals surface area contributed by atoms with E-state index >= 15 is 0 Å². The molecule has 15 heavy (non-hydrogen) atoms. The van der Waals surface area contributed by atoms with Gasteiger partial charge in [0.15, 0.2) is 0 Å². The van der Waals surface area contributed by atoms with Crippen molar-refractivity contribution in [1.82, 2.24) is 10.2 Å².